The summed E-state index contributed by atoms with van der Waals surface area (Å²) in [5.41, 5.74) is 23.5. The Bertz CT molecular complexity index is 4210. The van der Waals surface area contributed by atoms with E-state index >= 15 is 0 Å². The number of benzene rings is 13. The van der Waals surface area contributed by atoms with Crippen LogP contribution in [0.5, 0.6) is 0 Å². The van der Waals surface area contributed by atoms with Crippen LogP contribution < -0.4 is 4.90 Å². The molecule has 336 valence electrons. The third-order valence-corrected chi connectivity index (χ3v) is 17.4. The molecule has 4 aliphatic rings. The predicted octanol–water partition coefficient (Wildman–Crippen LogP) is 18.5. The zero-order valence-electron chi connectivity index (χ0n) is 39.8. The molecule has 0 amide bonds. The first-order valence-corrected chi connectivity index (χ1v) is 25.7. The molecule has 0 radical (unpaired) electrons. The van der Waals surface area contributed by atoms with Gasteiger partial charge in [0.05, 0.1) is 22.2 Å². The Morgan fingerprint density at radius 2 is 0.534 bits per heavy atom. The first kappa shape index (κ1) is 39.4. The molecule has 0 aliphatic heterocycles. The van der Waals surface area contributed by atoms with Gasteiger partial charge in [-0.15, -0.1) is 0 Å². The van der Waals surface area contributed by atoms with Gasteiger partial charge in [0.2, 0.25) is 0 Å². The molecule has 1 nitrogen and oxygen atoms in total. The number of nitrogens with zero attached hydrogens (tertiary/aromatic N) is 1. The zero-order chi connectivity index (χ0) is 47.6. The van der Waals surface area contributed by atoms with Crippen molar-refractivity contribution in [3.8, 4) is 44.5 Å². The number of hydrogen-bond donors (Lipinski definition) is 0. The minimum atomic E-state index is -0.562. The van der Waals surface area contributed by atoms with Crippen LogP contribution in [0.2, 0.25) is 0 Å². The van der Waals surface area contributed by atoms with Gasteiger partial charge in [0, 0.05) is 16.5 Å². The Morgan fingerprint density at radius 3 is 0.932 bits per heavy atom. The molecule has 0 bridgehead atoms. The van der Waals surface area contributed by atoms with E-state index < -0.39 is 10.8 Å². The molecule has 4 aliphatic carbocycles. The summed E-state index contributed by atoms with van der Waals surface area (Å²) < 4.78 is 0. The van der Waals surface area contributed by atoms with Crippen molar-refractivity contribution in [1.82, 2.24) is 0 Å². The summed E-state index contributed by atoms with van der Waals surface area (Å²) >= 11 is 0. The molecule has 0 N–H and O–H groups in total. The van der Waals surface area contributed by atoms with Crippen LogP contribution in [0.15, 0.2) is 261 Å². The third kappa shape index (κ3) is 4.83. The Kier molecular flexibility index (Phi) is 7.66. The van der Waals surface area contributed by atoms with Crippen molar-refractivity contribution in [3.05, 3.63) is 305 Å². The monoisotopic (exact) mass is 921 g/mol. The Morgan fingerprint density at radius 1 is 0.219 bits per heavy atom. The molecule has 0 fully saturated rings. The van der Waals surface area contributed by atoms with Crippen molar-refractivity contribution in [2.75, 3.05) is 4.90 Å². The van der Waals surface area contributed by atoms with Crippen molar-refractivity contribution in [2.24, 2.45) is 0 Å². The lowest BCUT2D eigenvalue weighted by atomic mass is 9.70. The van der Waals surface area contributed by atoms with E-state index in [2.05, 4.69) is 266 Å². The van der Waals surface area contributed by atoms with E-state index in [0.29, 0.717) is 0 Å². The van der Waals surface area contributed by atoms with E-state index in [1.807, 2.05) is 0 Å². The molecule has 2 spiro atoms. The van der Waals surface area contributed by atoms with Crippen molar-refractivity contribution in [2.45, 2.75) is 10.8 Å². The standard InChI is InChI=1S/C72H43N/c1-2-24-48(25-3-1)73(67-42-65-69(55-32-10-8-30-53(55)67)57-38-44-20-4-6-22-46(44)40-63(57)71(65)59-34-16-12-26-49(59)50-27-13-17-35-60(50)71)68-43-66-70(56-33-11-9-31-54(56)68)58-39-45-21-5-7-23-47(45)41-64(58)72(66)61-36-18-14-28-51(61)52-29-15-19-37-62(52)72/h1-43H. The van der Waals surface area contributed by atoms with Gasteiger partial charge in [0.15, 0.2) is 0 Å². The van der Waals surface area contributed by atoms with Crippen molar-refractivity contribution >= 4 is 60.2 Å². The van der Waals surface area contributed by atoms with Gasteiger partial charge in [-0.3, -0.25) is 0 Å². The largest absolute Gasteiger partial charge is 0.309 e. The number of hydrogen-bond acceptors (Lipinski definition) is 1. The minimum absolute atomic E-state index is 0.562. The lowest BCUT2D eigenvalue weighted by Crippen LogP contribution is -2.27. The van der Waals surface area contributed by atoms with Gasteiger partial charge in [0.1, 0.15) is 0 Å². The minimum Gasteiger partial charge on any atom is -0.309 e. The predicted molar refractivity (Wildman–Crippen MR) is 304 cm³/mol. The molecule has 1 heteroatoms. The zero-order valence-corrected chi connectivity index (χ0v) is 39.8. The molecular weight excluding hydrogens is 879 g/mol. The number of rotatable bonds is 3. The van der Waals surface area contributed by atoms with Crippen molar-refractivity contribution in [1.29, 1.82) is 0 Å². The highest BCUT2D eigenvalue weighted by Gasteiger charge is 2.54. The van der Waals surface area contributed by atoms with Crippen LogP contribution in [0.3, 0.4) is 0 Å². The molecule has 17 rings (SSSR count). The number of para-hydroxylation sites is 1. The van der Waals surface area contributed by atoms with Gasteiger partial charge < -0.3 is 4.90 Å². The molecular formula is C72H43N. The molecule has 0 saturated carbocycles. The fourth-order valence-corrected chi connectivity index (χ4v) is 14.7. The molecule has 13 aromatic carbocycles. The van der Waals surface area contributed by atoms with Crippen LogP contribution in [0.1, 0.15) is 44.5 Å². The maximum absolute atomic E-state index is 2.62. The molecule has 73 heavy (non-hydrogen) atoms. The smallest absolute Gasteiger partial charge is 0.0726 e. The molecule has 0 saturated heterocycles. The van der Waals surface area contributed by atoms with E-state index in [1.165, 1.54) is 132 Å². The molecule has 0 atom stereocenters. The molecule has 0 heterocycles. The first-order chi connectivity index (χ1) is 36.2. The van der Waals surface area contributed by atoms with Gasteiger partial charge >= 0.3 is 0 Å². The second-order valence-corrected chi connectivity index (χ2v) is 20.6. The van der Waals surface area contributed by atoms with Crippen LogP contribution in [0, 0.1) is 0 Å². The highest BCUT2D eigenvalue weighted by molar-refractivity contribution is 6.17. The lowest BCUT2D eigenvalue weighted by Gasteiger charge is -2.35. The van der Waals surface area contributed by atoms with E-state index in [9.17, 15) is 0 Å². The normalized spacial score (nSPS) is 14.2. The highest BCUT2D eigenvalue weighted by Crippen LogP contribution is 2.68. The van der Waals surface area contributed by atoms with E-state index in [4.69, 9.17) is 0 Å². The summed E-state index contributed by atoms with van der Waals surface area (Å²) in [6.07, 6.45) is 0. The van der Waals surface area contributed by atoms with Gasteiger partial charge in [-0.2, -0.15) is 0 Å². The summed E-state index contributed by atoms with van der Waals surface area (Å²) in [7, 11) is 0. The SMILES string of the molecule is c1ccc(N(c2cc3c(c4ccccc24)-c2cc4ccccc4cc2C32c3ccccc3-c3ccccc32)c2cc3c(c4ccccc24)-c2cc4ccccc4cc2C32c3ccccc3-c3ccccc32)cc1. The molecule has 13 aromatic rings. The number of anilines is 3. The molecule has 0 aromatic heterocycles. The van der Waals surface area contributed by atoms with Gasteiger partial charge in [-0.1, -0.05) is 212 Å². The van der Waals surface area contributed by atoms with Crippen molar-refractivity contribution < 1.29 is 0 Å². The summed E-state index contributed by atoms with van der Waals surface area (Å²) in [4.78, 5) is 2.62. The van der Waals surface area contributed by atoms with E-state index in [0.717, 1.165) is 17.1 Å². The summed E-state index contributed by atoms with van der Waals surface area (Å²) in [5.74, 6) is 0. The average molecular weight is 922 g/mol. The van der Waals surface area contributed by atoms with E-state index in [-0.39, 0.29) is 0 Å². The van der Waals surface area contributed by atoms with Crippen LogP contribution in [0.25, 0.3) is 87.6 Å². The van der Waals surface area contributed by atoms with Crippen molar-refractivity contribution in [3.63, 3.8) is 0 Å². The van der Waals surface area contributed by atoms with Crippen LogP contribution >= 0.6 is 0 Å². The number of fused-ring (bicyclic) bond motifs is 26. The fourth-order valence-electron chi connectivity index (χ4n) is 14.7. The summed E-state index contributed by atoms with van der Waals surface area (Å²) in [6, 6.07) is 99.4. The average Bonchev–Trinajstić information content (AvgIpc) is 4.15. The van der Waals surface area contributed by atoms with Crippen LogP contribution in [-0.2, 0) is 10.8 Å². The fraction of sp³-hybridized carbons (Fsp3) is 0.0278. The first-order valence-electron chi connectivity index (χ1n) is 25.7. The highest BCUT2D eigenvalue weighted by atomic mass is 15.1. The molecule has 0 unspecified atom stereocenters. The second-order valence-electron chi connectivity index (χ2n) is 20.6. The van der Waals surface area contributed by atoms with Crippen LogP contribution in [0.4, 0.5) is 17.1 Å². The summed E-state index contributed by atoms with van der Waals surface area (Å²) in [6.45, 7) is 0. The lowest BCUT2D eigenvalue weighted by molar-refractivity contribution is 0.794. The van der Waals surface area contributed by atoms with Crippen LogP contribution in [-0.4, -0.2) is 0 Å². The van der Waals surface area contributed by atoms with Gasteiger partial charge in [-0.25, -0.2) is 0 Å². The van der Waals surface area contributed by atoms with Gasteiger partial charge in [0.25, 0.3) is 0 Å². The maximum Gasteiger partial charge on any atom is 0.0726 e. The van der Waals surface area contributed by atoms with E-state index in [1.54, 1.807) is 0 Å². The summed E-state index contributed by atoms with van der Waals surface area (Å²) in [5, 5.41) is 9.96. The topological polar surface area (TPSA) is 3.24 Å². The Labute approximate surface area is 423 Å². The quantitative estimate of drug-likeness (QED) is 0.171. The maximum atomic E-state index is 2.62. The second kappa shape index (κ2) is 14.2. The Hall–Kier alpha value is -9.30. The third-order valence-electron chi connectivity index (χ3n) is 17.4. The van der Waals surface area contributed by atoms with Gasteiger partial charge in [-0.05, 0) is 170 Å². The Balaban J connectivity index is 1.03.